The van der Waals surface area contributed by atoms with Crippen LogP contribution in [0.3, 0.4) is 0 Å². The number of methoxy groups -OCH3 is 1. The van der Waals surface area contributed by atoms with Gasteiger partial charge in [-0.05, 0) is 32.1 Å². The van der Waals surface area contributed by atoms with E-state index in [9.17, 15) is 0 Å². The third-order valence-electron chi connectivity index (χ3n) is 3.07. The number of anilines is 2. The van der Waals surface area contributed by atoms with Crippen molar-refractivity contribution in [2.45, 2.75) is 26.8 Å². The largest absolute Gasteiger partial charge is 0.495 e. The molecule has 0 aromatic heterocycles. The molecule has 0 heterocycles. The molecule has 18 heavy (non-hydrogen) atoms. The minimum Gasteiger partial charge on any atom is -0.495 e. The Morgan fingerprint density at radius 3 is 2.56 bits per heavy atom. The highest BCUT2D eigenvalue weighted by Crippen LogP contribution is 2.25. The summed E-state index contributed by atoms with van der Waals surface area (Å²) in [7, 11) is 1.63. The average Bonchev–Trinajstić information content (AvgIpc) is 2.38. The van der Waals surface area contributed by atoms with Crippen molar-refractivity contribution in [3.8, 4) is 5.75 Å². The summed E-state index contributed by atoms with van der Waals surface area (Å²) in [5.41, 5.74) is 7.50. The minimum atomic E-state index is 0.387. The molecule has 4 nitrogen and oxygen atoms in total. The lowest BCUT2D eigenvalue weighted by Crippen LogP contribution is -2.34. The van der Waals surface area contributed by atoms with Gasteiger partial charge in [0.2, 0.25) is 0 Å². The van der Waals surface area contributed by atoms with E-state index in [4.69, 9.17) is 10.5 Å². The lowest BCUT2D eigenvalue weighted by atomic mass is 10.2. The first-order valence-electron chi connectivity index (χ1n) is 6.53. The van der Waals surface area contributed by atoms with Crippen LogP contribution in [0.2, 0.25) is 0 Å². The molecular weight excluding hydrogens is 226 g/mol. The number of rotatable bonds is 7. The number of hydrogen-bond acceptors (Lipinski definition) is 4. The molecule has 0 saturated heterocycles. The van der Waals surface area contributed by atoms with Gasteiger partial charge in [0.1, 0.15) is 5.75 Å². The molecule has 1 aromatic rings. The molecule has 4 heteroatoms. The maximum atomic E-state index is 5.79. The van der Waals surface area contributed by atoms with Gasteiger partial charge in [0.05, 0.1) is 12.8 Å². The van der Waals surface area contributed by atoms with Crippen LogP contribution < -0.4 is 15.8 Å². The van der Waals surface area contributed by atoms with E-state index < -0.39 is 0 Å². The van der Waals surface area contributed by atoms with E-state index in [2.05, 4.69) is 31.0 Å². The zero-order valence-corrected chi connectivity index (χ0v) is 11.9. The zero-order chi connectivity index (χ0) is 13.5. The summed E-state index contributed by atoms with van der Waals surface area (Å²) in [5, 5.41) is 3.47. The predicted octanol–water partition coefficient (Wildman–Crippen LogP) is 2.42. The Labute approximate surface area is 110 Å². The van der Waals surface area contributed by atoms with E-state index in [1.807, 2.05) is 18.2 Å². The second-order valence-corrected chi connectivity index (χ2v) is 4.49. The van der Waals surface area contributed by atoms with Gasteiger partial charge < -0.3 is 20.7 Å². The van der Waals surface area contributed by atoms with Crippen LogP contribution in [0.25, 0.3) is 0 Å². The van der Waals surface area contributed by atoms with Crippen molar-refractivity contribution in [1.82, 2.24) is 4.90 Å². The van der Waals surface area contributed by atoms with Crippen molar-refractivity contribution in [1.29, 1.82) is 0 Å². The van der Waals surface area contributed by atoms with Crippen LogP contribution in [0, 0.1) is 0 Å². The Bertz CT molecular complexity index is 364. The molecule has 3 N–H and O–H groups in total. The summed E-state index contributed by atoms with van der Waals surface area (Å²) in [6.07, 6.45) is 0. The molecule has 0 amide bonds. The lowest BCUT2D eigenvalue weighted by Gasteiger charge is -2.24. The zero-order valence-electron chi connectivity index (χ0n) is 11.9. The van der Waals surface area contributed by atoms with E-state index in [-0.39, 0.29) is 0 Å². The summed E-state index contributed by atoms with van der Waals surface area (Å²) in [5.74, 6) is 0.718. The molecule has 0 bridgehead atoms. The summed E-state index contributed by atoms with van der Waals surface area (Å²) in [4.78, 5) is 2.40. The highest BCUT2D eigenvalue weighted by atomic mass is 16.5. The van der Waals surface area contributed by atoms with Gasteiger partial charge in [0.25, 0.3) is 0 Å². The number of ether oxygens (including phenoxy) is 1. The minimum absolute atomic E-state index is 0.387. The van der Waals surface area contributed by atoms with E-state index in [1.165, 1.54) is 0 Å². The highest BCUT2D eigenvalue weighted by Gasteiger charge is 2.08. The van der Waals surface area contributed by atoms with Gasteiger partial charge in [-0.25, -0.2) is 0 Å². The van der Waals surface area contributed by atoms with Gasteiger partial charge in [0, 0.05) is 24.3 Å². The standard InChI is InChI=1S/C14H25N3O/c1-5-17(6-2)10-11(3)16-12-7-8-13(15)14(9-12)18-4/h7-9,11,16H,5-6,10,15H2,1-4H3. The molecule has 0 fully saturated rings. The van der Waals surface area contributed by atoms with E-state index >= 15 is 0 Å². The van der Waals surface area contributed by atoms with E-state index in [1.54, 1.807) is 7.11 Å². The van der Waals surface area contributed by atoms with Crippen LogP contribution in [0.1, 0.15) is 20.8 Å². The van der Waals surface area contributed by atoms with Crippen molar-refractivity contribution < 1.29 is 4.74 Å². The first kappa shape index (κ1) is 14.6. The molecule has 0 aliphatic rings. The predicted molar refractivity (Wildman–Crippen MR) is 78.3 cm³/mol. The van der Waals surface area contributed by atoms with Crippen molar-refractivity contribution in [3.05, 3.63) is 18.2 Å². The maximum Gasteiger partial charge on any atom is 0.143 e. The van der Waals surface area contributed by atoms with E-state index in [0.29, 0.717) is 11.7 Å². The summed E-state index contributed by atoms with van der Waals surface area (Å²) in [6, 6.07) is 6.17. The molecule has 102 valence electrons. The van der Waals surface area contributed by atoms with Gasteiger partial charge in [-0.3, -0.25) is 0 Å². The fourth-order valence-corrected chi connectivity index (χ4v) is 2.00. The fourth-order valence-electron chi connectivity index (χ4n) is 2.00. The number of nitrogens with two attached hydrogens (primary N) is 1. The van der Waals surface area contributed by atoms with Gasteiger partial charge in [0.15, 0.2) is 0 Å². The Kier molecular flexibility index (Phi) is 5.78. The Hall–Kier alpha value is -1.42. The summed E-state index contributed by atoms with van der Waals surface area (Å²) < 4.78 is 5.22. The number of benzene rings is 1. The monoisotopic (exact) mass is 251 g/mol. The highest BCUT2D eigenvalue weighted by molar-refractivity contribution is 5.61. The van der Waals surface area contributed by atoms with Crippen molar-refractivity contribution >= 4 is 11.4 Å². The molecule has 0 radical (unpaired) electrons. The summed E-state index contributed by atoms with van der Waals surface area (Å²) in [6.45, 7) is 9.73. The van der Waals surface area contributed by atoms with Gasteiger partial charge in [-0.1, -0.05) is 13.8 Å². The third-order valence-corrected chi connectivity index (χ3v) is 3.07. The number of hydrogen-bond donors (Lipinski definition) is 2. The van der Waals surface area contributed by atoms with Gasteiger partial charge in [-0.2, -0.15) is 0 Å². The first-order valence-corrected chi connectivity index (χ1v) is 6.53. The van der Waals surface area contributed by atoms with Crippen molar-refractivity contribution in [2.24, 2.45) is 0 Å². The Morgan fingerprint density at radius 1 is 1.33 bits per heavy atom. The SMILES string of the molecule is CCN(CC)CC(C)Nc1ccc(N)c(OC)c1. The van der Waals surface area contributed by atoms with Crippen molar-refractivity contribution in [2.75, 3.05) is 37.8 Å². The van der Waals surface area contributed by atoms with Crippen LogP contribution in [0.4, 0.5) is 11.4 Å². The molecule has 0 saturated carbocycles. The van der Waals surface area contributed by atoms with Crippen LogP contribution in [0.15, 0.2) is 18.2 Å². The van der Waals surface area contributed by atoms with E-state index in [0.717, 1.165) is 31.1 Å². The number of likely N-dealkylation sites (N-methyl/N-ethyl adjacent to an activating group) is 1. The van der Waals surface area contributed by atoms with Gasteiger partial charge >= 0.3 is 0 Å². The van der Waals surface area contributed by atoms with Crippen LogP contribution in [-0.2, 0) is 0 Å². The number of nitrogens with zero attached hydrogens (tertiary/aromatic N) is 1. The fraction of sp³-hybridized carbons (Fsp3) is 0.571. The topological polar surface area (TPSA) is 50.5 Å². The van der Waals surface area contributed by atoms with Crippen molar-refractivity contribution in [3.63, 3.8) is 0 Å². The van der Waals surface area contributed by atoms with Crippen LogP contribution in [-0.4, -0.2) is 37.7 Å². The third kappa shape index (κ3) is 4.11. The second-order valence-electron chi connectivity index (χ2n) is 4.49. The molecule has 0 aliphatic heterocycles. The normalized spacial score (nSPS) is 12.5. The van der Waals surface area contributed by atoms with Crippen LogP contribution in [0.5, 0.6) is 5.75 Å². The lowest BCUT2D eigenvalue weighted by molar-refractivity contribution is 0.295. The molecule has 1 atom stereocenters. The van der Waals surface area contributed by atoms with Gasteiger partial charge in [-0.15, -0.1) is 0 Å². The molecule has 1 rings (SSSR count). The second kappa shape index (κ2) is 7.11. The first-order chi connectivity index (χ1) is 8.60. The molecule has 0 aliphatic carbocycles. The summed E-state index contributed by atoms with van der Waals surface area (Å²) >= 11 is 0. The molecule has 0 spiro atoms. The molecule has 1 aromatic carbocycles. The average molecular weight is 251 g/mol. The number of nitrogens with one attached hydrogen (secondary N) is 1. The molecular formula is C14H25N3O. The number of nitrogen functional groups attached to an aromatic ring is 1. The van der Waals surface area contributed by atoms with Crippen LogP contribution >= 0.6 is 0 Å². The Morgan fingerprint density at radius 2 is 2.00 bits per heavy atom. The maximum absolute atomic E-state index is 5.79. The smallest absolute Gasteiger partial charge is 0.143 e. The Balaban J connectivity index is 2.61. The molecule has 1 unspecified atom stereocenters. The quantitative estimate of drug-likeness (QED) is 0.731.